The Morgan fingerprint density at radius 1 is 1.17 bits per heavy atom. The molecule has 5 heteroatoms. The van der Waals surface area contributed by atoms with Crippen LogP contribution in [0.15, 0.2) is 18.3 Å². The molecular weight excluding hydrogens is 300 g/mol. The molecule has 0 saturated heterocycles. The summed E-state index contributed by atoms with van der Waals surface area (Å²) in [7, 11) is 1.82. The SMILES string of the molecule is Cc1cc(C)c2[nH]c(C)c(CC(=O)N(C)Cc3ncc(C)[nH]3)c2c1. The first kappa shape index (κ1) is 16.3. The molecule has 0 aliphatic carbocycles. The molecule has 2 N–H and O–H groups in total. The number of aromatic nitrogens is 3. The maximum absolute atomic E-state index is 12.7. The highest BCUT2D eigenvalue weighted by atomic mass is 16.2. The van der Waals surface area contributed by atoms with E-state index in [4.69, 9.17) is 0 Å². The number of H-pyrrole nitrogens is 2. The molecule has 0 bridgehead atoms. The second-order valence-electron chi connectivity index (χ2n) is 6.67. The van der Waals surface area contributed by atoms with E-state index >= 15 is 0 Å². The Balaban J connectivity index is 1.83. The summed E-state index contributed by atoms with van der Waals surface area (Å²) in [5.74, 6) is 0.901. The van der Waals surface area contributed by atoms with Gasteiger partial charge in [0.2, 0.25) is 5.91 Å². The van der Waals surface area contributed by atoms with Crippen molar-refractivity contribution in [3.63, 3.8) is 0 Å². The number of likely N-dealkylation sites (N-methyl/N-ethyl adjacent to an activating group) is 1. The smallest absolute Gasteiger partial charge is 0.227 e. The molecule has 0 aliphatic rings. The van der Waals surface area contributed by atoms with Crippen molar-refractivity contribution >= 4 is 16.8 Å². The van der Waals surface area contributed by atoms with E-state index in [9.17, 15) is 4.79 Å². The number of carbonyl (C=O) groups excluding carboxylic acids is 1. The van der Waals surface area contributed by atoms with Gasteiger partial charge in [-0.1, -0.05) is 11.6 Å². The minimum Gasteiger partial charge on any atom is -0.358 e. The molecule has 0 radical (unpaired) electrons. The molecule has 0 aliphatic heterocycles. The highest BCUT2D eigenvalue weighted by molar-refractivity contribution is 5.92. The summed E-state index contributed by atoms with van der Waals surface area (Å²) >= 11 is 0. The number of aryl methyl sites for hydroxylation is 4. The fourth-order valence-corrected chi connectivity index (χ4v) is 3.21. The van der Waals surface area contributed by atoms with Gasteiger partial charge in [-0.3, -0.25) is 4.79 Å². The van der Waals surface area contributed by atoms with Crippen LogP contribution in [0.2, 0.25) is 0 Å². The Morgan fingerprint density at radius 2 is 1.92 bits per heavy atom. The summed E-state index contributed by atoms with van der Waals surface area (Å²) in [5.41, 5.74) is 6.71. The fraction of sp³-hybridized carbons (Fsp3) is 0.368. The van der Waals surface area contributed by atoms with E-state index in [2.05, 4.69) is 40.9 Å². The van der Waals surface area contributed by atoms with Gasteiger partial charge in [0.15, 0.2) is 0 Å². The Labute approximate surface area is 142 Å². The first-order valence-corrected chi connectivity index (χ1v) is 8.18. The number of rotatable bonds is 4. The third-order valence-electron chi connectivity index (χ3n) is 4.47. The molecule has 3 aromatic rings. The van der Waals surface area contributed by atoms with E-state index < -0.39 is 0 Å². The van der Waals surface area contributed by atoms with Crippen LogP contribution in [0.3, 0.4) is 0 Å². The molecule has 3 rings (SSSR count). The molecule has 0 fully saturated rings. The Bertz CT molecular complexity index is 904. The Morgan fingerprint density at radius 3 is 2.58 bits per heavy atom. The zero-order chi connectivity index (χ0) is 17.4. The Hall–Kier alpha value is -2.56. The van der Waals surface area contributed by atoms with Gasteiger partial charge < -0.3 is 14.9 Å². The topological polar surface area (TPSA) is 64.8 Å². The molecule has 0 spiro atoms. The molecule has 1 aromatic carbocycles. The standard InChI is InChI=1S/C19H24N4O/c1-11-6-12(2)19-16(7-11)15(14(4)22-19)8-18(24)23(5)10-17-20-9-13(3)21-17/h6-7,9,22H,8,10H2,1-5H3,(H,20,21). The van der Waals surface area contributed by atoms with Gasteiger partial charge in [-0.2, -0.15) is 0 Å². The van der Waals surface area contributed by atoms with Crippen molar-refractivity contribution in [3.8, 4) is 0 Å². The lowest BCUT2D eigenvalue weighted by molar-refractivity contribution is -0.129. The third-order valence-corrected chi connectivity index (χ3v) is 4.47. The van der Waals surface area contributed by atoms with E-state index in [1.54, 1.807) is 11.1 Å². The molecular formula is C19H24N4O. The molecule has 0 unspecified atom stereocenters. The van der Waals surface area contributed by atoms with Crippen molar-refractivity contribution in [1.82, 2.24) is 19.9 Å². The van der Waals surface area contributed by atoms with Gasteiger partial charge in [0.25, 0.3) is 0 Å². The van der Waals surface area contributed by atoms with Gasteiger partial charge in [0, 0.05) is 35.5 Å². The fourth-order valence-electron chi connectivity index (χ4n) is 3.21. The summed E-state index contributed by atoms with van der Waals surface area (Å²) in [6.45, 7) is 8.67. The van der Waals surface area contributed by atoms with E-state index in [-0.39, 0.29) is 5.91 Å². The maximum atomic E-state index is 12.7. The van der Waals surface area contributed by atoms with Crippen LogP contribution < -0.4 is 0 Å². The molecule has 0 saturated carbocycles. The Kier molecular flexibility index (Phi) is 4.18. The number of carbonyl (C=O) groups is 1. The average molecular weight is 324 g/mol. The van der Waals surface area contributed by atoms with Crippen molar-refractivity contribution in [1.29, 1.82) is 0 Å². The highest BCUT2D eigenvalue weighted by Gasteiger charge is 2.17. The lowest BCUT2D eigenvalue weighted by Crippen LogP contribution is -2.28. The summed E-state index contributed by atoms with van der Waals surface area (Å²) in [6, 6.07) is 4.32. The normalized spacial score (nSPS) is 11.2. The van der Waals surface area contributed by atoms with Gasteiger partial charge in [-0.15, -0.1) is 0 Å². The maximum Gasteiger partial charge on any atom is 0.227 e. The number of aromatic amines is 2. The van der Waals surface area contributed by atoms with E-state index in [1.165, 1.54) is 11.1 Å². The molecule has 1 amide bonds. The van der Waals surface area contributed by atoms with Crippen molar-refractivity contribution < 1.29 is 4.79 Å². The van der Waals surface area contributed by atoms with Crippen LogP contribution in [0.1, 0.15) is 33.9 Å². The van der Waals surface area contributed by atoms with Crippen molar-refractivity contribution in [3.05, 3.63) is 52.2 Å². The van der Waals surface area contributed by atoms with Crippen LogP contribution in [-0.4, -0.2) is 32.8 Å². The number of nitrogens with one attached hydrogen (secondary N) is 2. The van der Waals surface area contributed by atoms with Crippen LogP contribution >= 0.6 is 0 Å². The second-order valence-corrected chi connectivity index (χ2v) is 6.67. The van der Waals surface area contributed by atoms with E-state index in [0.717, 1.165) is 33.7 Å². The first-order chi connectivity index (χ1) is 11.3. The summed E-state index contributed by atoms with van der Waals surface area (Å²) in [4.78, 5) is 25.2. The number of hydrogen-bond donors (Lipinski definition) is 2. The summed E-state index contributed by atoms with van der Waals surface area (Å²) in [6.07, 6.45) is 2.17. The molecule has 5 nitrogen and oxygen atoms in total. The van der Waals surface area contributed by atoms with Crippen molar-refractivity contribution in [2.75, 3.05) is 7.05 Å². The zero-order valence-electron chi connectivity index (χ0n) is 14.9. The third kappa shape index (κ3) is 3.07. The van der Waals surface area contributed by atoms with Crippen LogP contribution in [0.5, 0.6) is 0 Å². The number of fused-ring (bicyclic) bond motifs is 1. The zero-order valence-corrected chi connectivity index (χ0v) is 14.9. The van der Waals surface area contributed by atoms with Crippen LogP contribution in [0.4, 0.5) is 0 Å². The quantitative estimate of drug-likeness (QED) is 0.773. The van der Waals surface area contributed by atoms with Crippen LogP contribution in [0.25, 0.3) is 10.9 Å². The minimum atomic E-state index is 0.0900. The minimum absolute atomic E-state index is 0.0900. The van der Waals surface area contributed by atoms with Gasteiger partial charge in [-0.05, 0) is 44.9 Å². The van der Waals surface area contributed by atoms with Gasteiger partial charge in [-0.25, -0.2) is 4.98 Å². The van der Waals surface area contributed by atoms with Crippen LogP contribution in [-0.2, 0) is 17.8 Å². The first-order valence-electron chi connectivity index (χ1n) is 8.18. The molecule has 2 heterocycles. The van der Waals surface area contributed by atoms with E-state index in [1.807, 2.05) is 20.9 Å². The number of imidazole rings is 1. The number of hydrogen-bond acceptors (Lipinski definition) is 2. The lowest BCUT2D eigenvalue weighted by atomic mass is 10.0. The van der Waals surface area contributed by atoms with Gasteiger partial charge in [0.1, 0.15) is 5.82 Å². The van der Waals surface area contributed by atoms with E-state index in [0.29, 0.717) is 13.0 Å². The summed E-state index contributed by atoms with van der Waals surface area (Å²) < 4.78 is 0. The number of amides is 1. The van der Waals surface area contributed by atoms with Gasteiger partial charge in [0.05, 0.1) is 13.0 Å². The highest BCUT2D eigenvalue weighted by Crippen LogP contribution is 2.27. The van der Waals surface area contributed by atoms with Crippen LogP contribution in [0, 0.1) is 27.7 Å². The average Bonchev–Trinajstić information content (AvgIpc) is 3.04. The molecule has 2 aromatic heterocycles. The predicted octanol–water partition coefficient (Wildman–Crippen LogP) is 3.33. The van der Waals surface area contributed by atoms with Crippen molar-refractivity contribution in [2.24, 2.45) is 0 Å². The lowest BCUT2D eigenvalue weighted by Gasteiger charge is -2.16. The monoisotopic (exact) mass is 324 g/mol. The predicted molar refractivity (Wildman–Crippen MR) is 96.0 cm³/mol. The molecule has 24 heavy (non-hydrogen) atoms. The summed E-state index contributed by atoms with van der Waals surface area (Å²) in [5, 5.41) is 1.15. The molecule has 0 atom stereocenters. The largest absolute Gasteiger partial charge is 0.358 e. The van der Waals surface area contributed by atoms with Crippen molar-refractivity contribution in [2.45, 2.75) is 40.7 Å². The second kappa shape index (κ2) is 6.15. The number of nitrogens with zero attached hydrogens (tertiary/aromatic N) is 2. The van der Waals surface area contributed by atoms with Gasteiger partial charge >= 0.3 is 0 Å². The number of benzene rings is 1. The molecule has 126 valence electrons.